The van der Waals surface area contributed by atoms with Crippen LogP contribution in [0.5, 0.6) is 5.75 Å². The maximum atomic E-state index is 5.80. The Balaban J connectivity index is 1.99. The lowest BCUT2D eigenvalue weighted by Gasteiger charge is -2.23. The molecule has 0 saturated heterocycles. The van der Waals surface area contributed by atoms with Gasteiger partial charge in [0, 0.05) is 4.88 Å². The lowest BCUT2D eigenvalue weighted by molar-refractivity contribution is 0.309. The van der Waals surface area contributed by atoms with Gasteiger partial charge in [-0.2, -0.15) is 0 Å². The van der Waals surface area contributed by atoms with E-state index in [0.29, 0.717) is 6.61 Å². The monoisotopic (exact) mass is 338 g/mol. The first kappa shape index (κ1) is 14.6. The third kappa shape index (κ3) is 3.83. The van der Waals surface area contributed by atoms with Gasteiger partial charge in [-0.15, -0.1) is 11.3 Å². The van der Waals surface area contributed by atoms with Gasteiger partial charge in [-0.3, -0.25) is 0 Å². The molecule has 0 fully saturated rings. The van der Waals surface area contributed by atoms with Crippen LogP contribution in [0.4, 0.5) is 0 Å². The van der Waals surface area contributed by atoms with Gasteiger partial charge in [0.2, 0.25) is 0 Å². The zero-order valence-corrected chi connectivity index (χ0v) is 14.0. The smallest absolute Gasteiger partial charge is 0.122 e. The van der Waals surface area contributed by atoms with Crippen molar-refractivity contribution in [3.8, 4) is 5.75 Å². The van der Waals surface area contributed by atoms with E-state index in [1.54, 1.807) is 11.3 Å². The molecule has 1 heterocycles. The van der Waals surface area contributed by atoms with Gasteiger partial charge in [0.1, 0.15) is 12.4 Å². The highest BCUT2D eigenvalue weighted by atomic mass is 79.9. The topological polar surface area (TPSA) is 9.23 Å². The lowest BCUT2D eigenvalue weighted by Crippen LogP contribution is -2.14. The van der Waals surface area contributed by atoms with E-state index in [4.69, 9.17) is 4.74 Å². The largest absolute Gasteiger partial charge is 0.488 e. The van der Waals surface area contributed by atoms with E-state index in [0.717, 1.165) is 16.0 Å². The summed E-state index contributed by atoms with van der Waals surface area (Å²) in [7, 11) is 0. The van der Waals surface area contributed by atoms with Crippen LogP contribution in [-0.4, -0.2) is 0 Å². The fourth-order valence-electron chi connectivity index (χ4n) is 1.79. The van der Waals surface area contributed by atoms with Crippen LogP contribution in [0.3, 0.4) is 0 Å². The number of hydrogen-bond acceptors (Lipinski definition) is 2. The molecule has 0 aliphatic carbocycles. The summed E-state index contributed by atoms with van der Waals surface area (Å²) in [4.78, 5) is 1.23. The molecule has 2 aromatic rings. The molecular weight excluding hydrogens is 320 g/mol. The highest BCUT2D eigenvalue weighted by Gasteiger charge is 2.17. The molecule has 3 heteroatoms. The first-order valence-electron chi connectivity index (χ1n) is 6.49. The van der Waals surface area contributed by atoms with Crippen molar-refractivity contribution in [3.05, 3.63) is 50.6 Å². The second-order valence-corrected chi connectivity index (χ2v) is 7.80. The van der Waals surface area contributed by atoms with Crippen LogP contribution >= 0.6 is 27.3 Å². The molecule has 0 spiro atoms. The van der Waals surface area contributed by atoms with Crippen LogP contribution in [0, 0.1) is 0 Å². The average Bonchev–Trinajstić information content (AvgIpc) is 2.83. The van der Waals surface area contributed by atoms with Gasteiger partial charge in [-0.1, -0.05) is 32.9 Å². The van der Waals surface area contributed by atoms with Crippen molar-refractivity contribution in [3.63, 3.8) is 0 Å². The molecule has 0 bridgehead atoms. The Kier molecular flexibility index (Phi) is 4.69. The van der Waals surface area contributed by atoms with E-state index in [9.17, 15) is 0 Å². The molecule has 102 valence electrons. The van der Waals surface area contributed by atoms with Crippen LogP contribution in [0.2, 0.25) is 0 Å². The summed E-state index contributed by atoms with van der Waals surface area (Å²) in [5, 5.41) is 0. The van der Waals surface area contributed by atoms with E-state index >= 15 is 0 Å². The van der Waals surface area contributed by atoms with Crippen molar-refractivity contribution in [2.75, 3.05) is 0 Å². The van der Waals surface area contributed by atoms with E-state index < -0.39 is 0 Å². The van der Waals surface area contributed by atoms with Gasteiger partial charge < -0.3 is 4.74 Å². The predicted molar refractivity (Wildman–Crippen MR) is 86.1 cm³/mol. The summed E-state index contributed by atoms with van der Waals surface area (Å²) in [5.41, 5.74) is 1.60. The molecule has 0 amide bonds. The molecule has 0 aliphatic heterocycles. The Morgan fingerprint density at radius 2 is 1.79 bits per heavy atom. The lowest BCUT2D eigenvalue weighted by atomic mass is 9.82. The number of hydrogen-bond donors (Lipinski definition) is 0. The molecule has 1 aromatic carbocycles. The van der Waals surface area contributed by atoms with E-state index in [2.05, 4.69) is 73.1 Å². The number of ether oxygens (including phenoxy) is 1. The zero-order valence-electron chi connectivity index (χ0n) is 11.6. The van der Waals surface area contributed by atoms with Crippen molar-refractivity contribution in [2.24, 2.45) is 0 Å². The second-order valence-electron chi connectivity index (χ2n) is 5.26. The van der Waals surface area contributed by atoms with E-state index in [1.807, 2.05) is 0 Å². The minimum atomic E-state index is 0.233. The SMILES string of the molecule is CCC(C)(C)c1ccc(OCc2ccc(Br)s2)cc1. The van der Waals surface area contributed by atoms with E-state index in [-0.39, 0.29) is 5.41 Å². The molecule has 0 unspecified atom stereocenters. The van der Waals surface area contributed by atoms with Crippen LogP contribution < -0.4 is 4.74 Å². The molecule has 0 saturated carbocycles. The zero-order chi connectivity index (χ0) is 13.9. The summed E-state index contributed by atoms with van der Waals surface area (Å²) in [6.07, 6.45) is 1.14. The maximum absolute atomic E-state index is 5.80. The first-order chi connectivity index (χ1) is 9.01. The summed E-state index contributed by atoms with van der Waals surface area (Å²) in [5.74, 6) is 0.931. The molecule has 1 nitrogen and oxygen atoms in total. The highest BCUT2D eigenvalue weighted by Crippen LogP contribution is 2.28. The first-order valence-corrected chi connectivity index (χ1v) is 8.10. The second kappa shape index (κ2) is 6.10. The van der Waals surface area contributed by atoms with Crippen molar-refractivity contribution in [2.45, 2.75) is 39.2 Å². The fraction of sp³-hybridized carbons (Fsp3) is 0.375. The van der Waals surface area contributed by atoms with Crippen molar-refractivity contribution in [1.29, 1.82) is 0 Å². The highest BCUT2D eigenvalue weighted by molar-refractivity contribution is 9.11. The molecule has 19 heavy (non-hydrogen) atoms. The Bertz CT molecular complexity index is 528. The molecule has 0 aliphatic rings. The molecular formula is C16H19BrOS. The van der Waals surface area contributed by atoms with Crippen LogP contribution in [0.25, 0.3) is 0 Å². The molecule has 2 rings (SSSR count). The van der Waals surface area contributed by atoms with Gasteiger partial charge in [-0.25, -0.2) is 0 Å². The standard InChI is InChI=1S/C16H19BrOS/c1-4-16(2,3)12-5-7-13(8-6-12)18-11-14-9-10-15(17)19-14/h5-10H,4,11H2,1-3H3. The Hall–Kier alpha value is -0.800. The normalized spacial score (nSPS) is 11.6. The number of halogens is 1. The third-order valence-electron chi connectivity index (χ3n) is 3.53. The maximum Gasteiger partial charge on any atom is 0.122 e. The number of thiophene rings is 1. The van der Waals surface area contributed by atoms with Gasteiger partial charge >= 0.3 is 0 Å². The minimum Gasteiger partial charge on any atom is -0.488 e. The number of benzene rings is 1. The Morgan fingerprint density at radius 1 is 1.11 bits per heavy atom. The molecule has 0 radical (unpaired) electrons. The third-order valence-corrected chi connectivity index (χ3v) is 5.13. The molecule has 0 N–H and O–H groups in total. The van der Waals surface area contributed by atoms with E-state index in [1.165, 1.54) is 10.4 Å². The molecule has 0 atom stereocenters. The van der Waals surface area contributed by atoms with Crippen molar-refractivity contribution in [1.82, 2.24) is 0 Å². The molecule has 1 aromatic heterocycles. The Morgan fingerprint density at radius 3 is 2.32 bits per heavy atom. The van der Waals surface area contributed by atoms with Gasteiger partial charge in [-0.05, 0) is 57.6 Å². The number of rotatable bonds is 5. The van der Waals surface area contributed by atoms with Crippen molar-refractivity contribution < 1.29 is 4.74 Å². The predicted octanol–water partition coefficient (Wildman–Crippen LogP) is 5.78. The van der Waals surface area contributed by atoms with Crippen LogP contribution in [0.1, 0.15) is 37.6 Å². The average molecular weight is 339 g/mol. The van der Waals surface area contributed by atoms with Crippen LogP contribution in [-0.2, 0) is 12.0 Å². The van der Waals surface area contributed by atoms with Crippen LogP contribution in [0.15, 0.2) is 40.2 Å². The summed E-state index contributed by atoms with van der Waals surface area (Å²) in [6.45, 7) is 7.39. The summed E-state index contributed by atoms with van der Waals surface area (Å²) >= 11 is 5.17. The van der Waals surface area contributed by atoms with Gasteiger partial charge in [0.25, 0.3) is 0 Å². The van der Waals surface area contributed by atoms with Gasteiger partial charge in [0.05, 0.1) is 3.79 Å². The summed E-state index contributed by atoms with van der Waals surface area (Å²) in [6, 6.07) is 12.6. The summed E-state index contributed by atoms with van der Waals surface area (Å²) < 4.78 is 6.94. The minimum absolute atomic E-state index is 0.233. The quantitative estimate of drug-likeness (QED) is 0.671. The Labute approximate surface area is 127 Å². The van der Waals surface area contributed by atoms with Gasteiger partial charge in [0.15, 0.2) is 0 Å². The van der Waals surface area contributed by atoms with Crippen molar-refractivity contribution >= 4 is 27.3 Å². The fourth-order valence-corrected chi connectivity index (χ4v) is 3.19.